The van der Waals surface area contributed by atoms with Crippen molar-refractivity contribution in [1.29, 1.82) is 10.5 Å². The summed E-state index contributed by atoms with van der Waals surface area (Å²) in [4.78, 5) is 0. The summed E-state index contributed by atoms with van der Waals surface area (Å²) in [5.41, 5.74) is 0.625. The minimum absolute atomic E-state index is 0.251. The minimum atomic E-state index is -0.439. The Hall–Kier alpha value is -2.13. The molecule has 0 aliphatic rings. The van der Waals surface area contributed by atoms with Gasteiger partial charge >= 0.3 is 0 Å². The number of nitrogens with zero attached hydrogens (tertiary/aromatic N) is 2. The second kappa shape index (κ2) is 4.04. The van der Waals surface area contributed by atoms with E-state index in [4.69, 9.17) is 10.5 Å². The van der Waals surface area contributed by atoms with Crippen molar-refractivity contribution in [3.63, 3.8) is 0 Å². The van der Waals surface area contributed by atoms with Gasteiger partial charge in [-0.05, 0) is 24.3 Å². The molecule has 0 heterocycles. The Morgan fingerprint density at radius 2 is 2.08 bits per heavy atom. The van der Waals surface area contributed by atoms with Crippen LogP contribution in [0.2, 0.25) is 0 Å². The fraction of sp³-hybridized carbons (Fsp3) is 0. The number of hydrogen-bond donors (Lipinski definition) is 0. The maximum absolute atomic E-state index is 13.0. The van der Waals surface area contributed by atoms with Gasteiger partial charge in [0.1, 0.15) is 5.82 Å². The molecule has 0 radical (unpaired) electrons. The molecule has 0 bridgehead atoms. The van der Waals surface area contributed by atoms with Crippen LogP contribution < -0.4 is 0 Å². The van der Waals surface area contributed by atoms with Crippen molar-refractivity contribution in [2.24, 2.45) is 0 Å². The van der Waals surface area contributed by atoms with Crippen LogP contribution in [0.1, 0.15) is 11.1 Å². The molecule has 0 fully saturated rings. The first-order chi connectivity index (χ1) is 6.27. The van der Waals surface area contributed by atoms with E-state index in [9.17, 15) is 4.39 Å². The zero-order chi connectivity index (χ0) is 9.68. The van der Waals surface area contributed by atoms with Gasteiger partial charge in [0, 0.05) is 11.6 Å². The highest BCUT2D eigenvalue weighted by atomic mass is 19.1. The van der Waals surface area contributed by atoms with Crippen LogP contribution in [0, 0.1) is 28.5 Å². The molecule has 0 unspecified atom stereocenters. The summed E-state index contributed by atoms with van der Waals surface area (Å²) >= 11 is 0. The van der Waals surface area contributed by atoms with Crippen LogP contribution in [0.5, 0.6) is 0 Å². The van der Waals surface area contributed by atoms with Gasteiger partial charge < -0.3 is 0 Å². The van der Waals surface area contributed by atoms with E-state index in [0.29, 0.717) is 5.56 Å². The predicted octanol–water partition coefficient (Wildman–Crippen LogP) is 2.23. The molecule has 0 amide bonds. The van der Waals surface area contributed by atoms with Gasteiger partial charge in [0.25, 0.3) is 0 Å². The molecule has 3 heteroatoms. The van der Waals surface area contributed by atoms with E-state index in [1.165, 1.54) is 30.4 Å². The van der Waals surface area contributed by atoms with Crippen molar-refractivity contribution < 1.29 is 4.39 Å². The summed E-state index contributed by atoms with van der Waals surface area (Å²) in [5, 5.41) is 16.7. The molecular formula is C10H5FN2. The first-order valence-corrected chi connectivity index (χ1v) is 3.53. The van der Waals surface area contributed by atoms with Crippen LogP contribution in [-0.2, 0) is 0 Å². The summed E-state index contributed by atoms with van der Waals surface area (Å²) in [6.45, 7) is 0. The molecule has 0 aromatic heterocycles. The number of hydrogen-bond acceptors (Lipinski definition) is 2. The Balaban J connectivity index is 3.15. The maximum Gasteiger partial charge on any atom is 0.130 e. The van der Waals surface area contributed by atoms with Crippen molar-refractivity contribution in [1.82, 2.24) is 0 Å². The standard InChI is InChI=1S/C10H5FN2/c11-10-4-3-8(7-13)6-9(10)2-1-5-12/h1-4,6H. The second-order valence-corrected chi connectivity index (χ2v) is 2.31. The Kier molecular flexibility index (Phi) is 2.78. The molecule has 62 valence electrons. The van der Waals surface area contributed by atoms with E-state index in [2.05, 4.69) is 0 Å². The Morgan fingerprint density at radius 1 is 1.31 bits per heavy atom. The average Bonchev–Trinajstić information content (AvgIpc) is 2.17. The lowest BCUT2D eigenvalue weighted by Gasteiger charge is -1.95. The van der Waals surface area contributed by atoms with Crippen molar-refractivity contribution in [3.05, 3.63) is 41.2 Å². The molecule has 0 saturated carbocycles. The van der Waals surface area contributed by atoms with Gasteiger partial charge in [-0.15, -0.1) is 0 Å². The van der Waals surface area contributed by atoms with Gasteiger partial charge in [0.2, 0.25) is 0 Å². The Morgan fingerprint density at radius 3 is 2.69 bits per heavy atom. The van der Waals surface area contributed by atoms with Gasteiger partial charge in [-0.1, -0.05) is 0 Å². The van der Waals surface area contributed by atoms with Gasteiger partial charge in [0.15, 0.2) is 0 Å². The first-order valence-electron chi connectivity index (χ1n) is 3.53. The van der Waals surface area contributed by atoms with Crippen molar-refractivity contribution >= 4 is 6.08 Å². The summed E-state index contributed by atoms with van der Waals surface area (Å²) in [5.74, 6) is -0.439. The maximum atomic E-state index is 13.0. The molecule has 1 rings (SSSR count). The lowest BCUT2D eigenvalue weighted by Crippen LogP contribution is -1.83. The number of nitriles is 2. The highest BCUT2D eigenvalue weighted by Gasteiger charge is 1.99. The van der Waals surface area contributed by atoms with E-state index in [-0.39, 0.29) is 5.56 Å². The van der Waals surface area contributed by atoms with E-state index in [1.807, 2.05) is 6.07 Å². The quantitative estimate of drug-likeness (QED) is 0.610. The van der Waals surface area contributed by atoms with Crippen LogP contribution in [0.25, 0.3) is 6.08 Å². The third kappa shape index (κ3) is 2.15. The minimum Gasteiger partial charge on any atom is -0.206 e. The fourth-order valence-electron chi connectivity index (χ4n) is 0.868. The molecule has 0 saturated heterocycles. The third-order valence-corrected chi connectivity index (χ3v) is 1.46. The van der Waals surface area contributed by atoms with Gasteiger partial charge in [-0.3, -0.25) is 0 Å². The number of rotatable bonds is 1. The summed E-state index contributed by atoms with van der Waals surface area (Å²) < 4.78 is 13.0. The lowest BCUT2D eigenvalue weighted by atomic mass is 10.1. The molecule has 1 aromatic rings. The molecule has 2 nitrogen and oxygen atoms in total. The van der Waals surface area contributed by atoms with Gasteiger partial charge in [-0.2, -0.15) is 10.5 Å². The predicted molar refractivity (Wildman–Crippen MR) is 45.8 cm³/mol. The van der Waals surface area contributed by atoms with Crippen LogP contribution in [-0.4, -0.2) is 0 Å². The van der Waals surface area contributed by atoms with Crippen LogP contribution in [0.15, 0.2) is 24.3 Å². The molecule has 1 aromatic carbocycles. The van der Waals surface area contributed by atoms with Crippen LogP contribution in [0.4, 0.5) is 4.39 Å². The van der Waals surface area contributed by atoms with Crippen molar-refractivity contribution in [2.45, 2.75) is 0 Å². The molecule has 0 aliphatic heterocycles. The number of allylic oxidation sites excluding steroid dienone is 1. The molecule has 0 spiro atoms. The van der Waals surface area contributed by atoms with Crippen LogP contribution >= 0.6 is 0 Å². The van der Waals surface area contributed by atoms with E-state index >= 15 is 0 Å². The van der Waals surface area contributed by atoms with Crippen molar-refractivity contribution in [2.75, 3.05) is 0 Å². The summed E-state index contributed by atoms with van der Waals surface area (Å²) in [6.07, 6.45) is 2.50. The van der Waals surface area contributed by atoms with E-state index in [1.54, 1.807) is 6.07 Å². The lowest BCUT2D eigenvalue weighted by molar-refractivity contribution is 0.625. The highest BCUT2D eigenvalue weighted by molar-refractivity contribution is 5.54. The monoisotopic (exact) mass is 172 g/mol. The third-order valence-electron chi connectivity index (χ3n) is 1.46. The number of halogens is 1. The first kappa shape index (κ1) is 8.96. The zero-order valence-corrected chi connectivity index (χ0v) is 6.66. The average molecular weight is 172 g/mol. The zero-order valence-electron chi connectivity index (χ0n) is 6.66. The van der Waals surface area contributed by atoms with Gasteiger partial charge in [0.05, 0.1) is 17.7 Å². The van der Waals surface area contributed by atoms with Gasteiger partial charge in [-0.25, -0.2) is 4.39 Å². The number of benzene rings is 1. The Labute approximate surface area is 75.2 Å². The van der Waals surface area contributed by atoms with Crippen LogP contribution in [0.3, 0.4) is 0 Å². The molecule has 0 atom stereocenters. The molecule has 0 N–H and O–H groups in total. The summed E-state index contributed by atoms with van der Waals surface area (Å²) in [6, 6.07) is 7.62. The van der Waals surface area contributed by atoms with E-state index in [0.717, 1.165) is 0 Å². The smallest absolute Gasteiger partial charge is 0.130 e. The SMILES string of the molecule is N#CC=Cc1cc(C#N)ccc1F. The molecular weight excluding hydrogens is 167 g/mol. The topological polar surface area (TPSA) is 47.6 Å². The largest absolute Gasteiger partial charge is 0.206 e. The molecule has 13 heavy (non-hydrogen) atoms. The molecule has 0 aliphatic carbocycles. The normalized spacial score (nSPS) is 9.46. The van der Waals surface area contributed by atoms with Crippen molar-refractivity contribution in [3.8, 4) is 12.1 Å². The summed E-state index contributed by atoms with van der Waals surface area (Å²) in [7, 11) is 0. The fourth-order valence-corrected chi connectivity index (χ4v) is 0.868. The van der Waals surface area contributed by atoms with E-state index < -0.39 is 5.82 Å². The second-order valence-electron chi connectivity index (χ2n) is 2.31. The Bertz CT molecular complexity index is 422. The highest BCUT2D eigenvalue weighted by Crippen LogP contribution is 2.11.